The zero-order valence-corrected chi connectivity index (χ0v) is 13.0. The second-order valence-electron chi connectivity index (χ2n) is 4.63. The second kappa shape index (κ2) is 7.51. The van der Waals surface area contributed by atoms with Gasteiger partial charge in [0.25, 0.3) is 0 Å². The van der Waals surface area contributed by atoms with Gasteiger partial charge >= 0.3 is 0 Å². The van der Waals surface area contributed by atoms with Crippen LogP contribution in [0.4, 0.5) is 0 Å². The fourth-order valence-electron chi connectivity index (χ4n) is 1.89. The van der Waals surface area contributed by atoms with Crippen LogP contribution < -0.4 is 0 Å². The molecule has 2 aromatic carbocycles. The summed E-state index contributed by atoms with van der Waals surface area (Å²) in [7, 11) is 0. The molecule has 0 fully saturated rings. The van der Waals surface area contributed by atoms with Crippen molar-refractivity contribution < 1.29 is 4.79 Å². The zero-order chi connectivity index (χ0) is 14.4. The number of Topliss-reactive ketones (excluding diaryl/α,β-unsaturated/α-hetero) is 1. The predicted molar refractivity (Wildman–Crippen MR) is 86.7 cm³/mol. The Kier molecular flexibility index (Phi) is 5.69. The van der Waals surface area contributed by atoms with Gasteiger partial charge in [0.05, 0.1) is 5.75 Å². The van der Waals surface area contributed by atoms with E-state index in [-0.39, 0.29) is 5.78 Å². The number of benzene rings is 2. The summed E-state index contributed by atoms with van der Waals surface area (Å²) < 4.78 is 0. The molecule has 0 unspecified atom stereocenters. The summed E-state index contributed by atoms with van der Waals surface area (Å²) in [6, 6.07) is 15.9. The van der Waals surface area contributed by atoms with Crippen molar-refractivity contribution in [3.63, 3.8) is 0 Å². The Bertz CT molecular complexity index is 578. The average molecular weight is 305 g/mol. The van der Waals surface area contributed by atoms with Crippen LogP contribution in [-0.4, -0.2) is 11.5 Å². The molecule has 0 aliphatic heterocycles. The molecule has 0 radical (unpaired) electrons. The van der Waals surface area contributed by atoms with Crippen LogP contribution in [0.5, 0.6) is 0 Å². The molecule has 0 N–H and O–H groups in total. The number of hydrogen-bond acceptors (Lipinski definition) is 2. The summed E-state index contributed by atoms with van der Waals surface area (Å²) in [4.78, 5) is 13.0. The van der Waals surface area contributed by atoms with E-state index >= 15 is 0 Å². The van der Waals surface area contributed by atoms with Crippen molar-refractivity contribution in [2.75, 3.05) is 5.75 Å². The van der Waals surface area contributed by atoms with Crippen LogP contribution in [0.25, 0.3) is 0 Å². The minimum atomic E-state index is 0.235. The summed E-state index contributed by atoms with van der Waals surface area (Å²) in [5.74, 6) is 0.717. The quantitative estimate of drug-likeness (QED) is 0.713. The van der Waals surface area contributed by atoms with E-state index in [1.165, 1.54) is 17.3 Å². The van der Waals surface area contributed by atoms with Gasteiger partial charge in [-0.15, -0.1) is 11.8 Å². The smallest absolute Gasteiger partial charge is 0.147 e. The first-order chi connectivity index (χ1) is 9.67. The number of aryl methyl sites for hydroxylation is 1. The molecule has 2 rings (SSSR count). The number of rotatable bonds is 6. The molecule has 0 aliphatic carbocycles. The molecule has 0 aliphatic rings. The number of carbonyl (C=O) groups is 1. The molecule has 0 aromatic heterocycles. The van der Waals surface area contributed by atoms with Gasteiger partial charge in [0.15, 0.2) is 0 Å². The Morgan fingerprint density at radius 2 is 1.80 bits per heavy atom. The predicted octanol–water partition coefficient (Wildman–Crippen LogP) is 4.81. The molecule has 0 saturated heterocycles. The van der Waals surface area contributed by atoms with Crippen LogP contribution in [0.1, 0.15) is 18.1 Å². The maximum atomic E-state index is 12.0. The molecule has 0 amide bonds. The highest BCUT2D eigenvalue weighted by atomic mass is 35.5. The van der Waals surface area contributed by atoms with Gasteiger partial charge in [-0.25, -0.2) is 0 Å². The lowest BCUT2D eigenvalue weighted by Gasteiger charge is -2.04. The van der Waals surface area contributed by atoms with Gasteiger partial charge in [-0.05, 0) is 35.7 Å². The number of thioether (sulfide) groups is 1. The van der Waals surface area contributed by atoms with Gasteiger partial charge in [-0.3, -0.25) is 4.79 Å². The Balaban J connectivity index is 1.85. The van der Waals surface area contributed by atoms with Gasteiger partial charge in [0.2, 0.25) is 0 Å². The third-order valence-electron chi connectivity index (χ3n) is 3.03. The van der Waals surface area contributed by atoms with Gasteiger partial charge in [0.1, 0.15) is 5.78 Å². The van der Waals surface area contributed by atoms with Gasteiger partial charge in [-0.2, -0.15) is 0 Å². The maximum Gasteiger partial charge on any atom is 0.147 e. The van der Waals surface area contributed by atoms with Crippen LogP contribution in [-0.2, 0) is 17.6 Å². The van der Waals surface area contributed by atoms with Crippen LogP contribution in [0.3, 0.4) is 0 Å². The first-order valence-electron chi connectivity index (χ1n) is 6.65. The Hall–Kier alpha value is -1.25. The standard InChI is InChI=1S/C17H17ClOS/c1-2-13-6-8-14(9-7-13)10-16(19)12-20-17-5-3-4-15(18)11-17/h3-9,11H,2,10,12H2,1H3. The molecular formula is C17H17ClOS. The van der Waals surface area contributed by atoms with Gasteiger partial charge in [-0.1, -0.05) is 48.9 Å². The Labute approximate surface area is 129 Å². The van der Waals surface area contributed by atoms with Crippen molar-refractivity contribution >= 4 is 29.1 Å². The summed E-state index contributed by atoms with van der Waals surface area (Å²) in [5.41, 5.74) is 2.38. The molecule has 20 heavy (non-hydrogen) atoms. The number of halogens is 1. The highest BCUT2D eigenvalue weighted by molar-refractivity contribution is 8.00. The van der Waals surface area contributed by atoms with Crippen LogP contribution >= 0.6 is 23.4 Å². The largest absolute Gasteiger partial charge is 0.298 e. The van der Waals surface area contributed by atoms with Crippen LogP contribution in [0, 0.1) is 0 Å². The monoisotopic (exact) mass is 304 g/mol. The van der Waals surface area contributed by atoms with E-state index in [2.05, 4.69) is 19.1 Å². The van der Waals surface area contributed by atoms with Gasteiger partial charge < -0.3 is 0 Å². The zero-order valence-electron chi connectivity index (χ0n) is 11.4. The molecule has 0 saturated carbocycles. The maximum absolute atomic E-state index is 12.0. The molecule has 0 atom stereocenters. The minimum Gasteiger partial charge on any atom is -0.298 e. The van der Waals surface area contributed by atoms with E-state index in [1.807, 2.05) is 36.4 Å². The second-order valence-corrected chi connectivity index (χ2v) is 6.12. The lowest BCUT2D eigenvalue weighted by molar-refractivity contribution is -0.116. The van der Waals surface area contributed by atoms with Crippen molar-refractivity contribution in [1.29, 1.82) is 0 Å². The van der Waals surface area contributed by atoms with E-state index in [4.69, 9.17) is 11.6 Å². The fourth-order valence-corrected chi connectivity index (χ4v) is 2.96. The average Bonchev–Trinajstić information content (AvgIpc) is 2.46. The number of hydrogen-bond donors (Lipinski definition) is 0. The number of ketones is 1. The summed E-state index contributed by atoms with van der Waals surface area (Å²) in [5, 5.41) is 0.706. The SMILES string of the molecule is CCc1ccc(CC(=O)CSc2cccc(Cl)c2)cc1. The molecule has 0 heterocycles. The summed E-state index contributed by atoms with van der Waals surface area (Å²) in [6.45, 7) is 2.13. The minimum absolute atomic E-state index is 0.235. The normalized spacial score (nSPS) is 10.5. The van der Waals surface area contributed by atoms with Crippen LogP contribution in [0.15, 0.2) is 53.4 Å². The fraction of sp³-hybridized carbons (Fsp3) is 0.235. The van der Waals surface area contributed by atoms with E-state index < -0.39 is 0 Å². The number of carbonyl (C=O) groups excluding carboxylic acids is 1. The third kappa shape index (κ3) is 4.69. The molecule has 0 spiro atoms. The first kappa shape index (κ1) is 15.1. The van der Waals surface area contributed by atoms with Crippen LogP contribution in [0.2, 0.25) is 5.02 Å². The molecule has 0 bridgehead atoms. The Morgan fingerprint density at radius 3 is 2.45 bits per heavy atom. The van der Waals surface area contributed by atoms with E-state index in [0.29, 0.717) is 17.2 Å². The molecule has 104 valence electrons. The molecule has 2 aromatic rings. The Morgan fingerprint density at radius 1 is 1.10 bits per heavy atom. The van der Waals surface area contributed by atoms with Crippen molar-refractivity contribution in [3.8, 4) is 0 Å². The topological polar surface area (TPSA) is 17.1 Å². The molecular weight excluding hydrogens is 288 g/mol. The highest BCUT2D eigenvalue weighted by Gasteiger charge is 2.05. The highest BCUT2D eigenvalue weighted by Crippen LogP contribution is 2.22. The first-order valence-corrected chi connectivity index (χ1v) is 8.01. The van der Waals surface area contributed by atoms with E-state index in [9.17, 15) is 4.79 Å². The van der Waals surface area contributed by atoms with E-state index in [0.717, 1.165) is 16.9 Å². The lowest BCUT2D eigenvalue weighted by Crippen LogP contribution is -2.05. The van der Waals surface area contributed by atoms with E-state index in [1.54, 1.807) is 0 Å². The van der Waals surface area contributed by atoms with Crippen molar-refractivity contribution in [1.82, 2.24) is 0 Å². The molecule has 3 heteroatoms. The van der Waals surface area contributed by atoms with Crippen molar-refractivity contribution in [3.05, 3.63) is 64.7 Å². The summed E-state index contributed by atoms with van der Waals surface area (Å²) >= 11 is 7.46. The van der Waals surface area contributed by atoms with Gasteiger partial charge in [0, 0.05) is 16.3 Å². The van der Waals surface area contributed by atoms with Crippen molar-refractivity contribution in [2.24, 2.45) is 0 Å². The van der Waals surface area contributed by atoms with Crippen molar-refractivity contribution in [2.45, 2.75) is 24.7 Å². The molecule has 1 nitrogen and oxygen atoms in total. The lowest BCUT2D eigenvalue weighted by atomic mass is 10.1. The summed E-state index contributed by atoms with van der Waals surface area (Å²) in [6.07, 6.45) is 1.52. The third-order valence-corrected chi connectivity index (χ3v) is 4.32.